The number of nitrogens with one attached hydrogen (secondary N) is 1. The Morgan fingerprint density at radius 2 is 1.90 bits per heavy atom. The molecule has 0 spiro atoms. The van der Waals surface area contributed by atoms with Gasteiger partial charge in [-0.1, -0.05) is 0 Å². The molecule has 0 fully saturated rings. The van der Waals surface area contributed by atoms with Gasteiger partial charge in [0.05, 0.1) is 13.2 Å². The van der Waals surface area contributed by atoms with Crippen LogP contribution in [-0.4, -0.2) is 24.9 Å². The SMILES string of the molecule is CCn1cccc1CNc1ccc(OCCOC)cc1. The quantitative estimate of drug-likeness (QED) is 0.751. The lowest BCUT2D eigenvalue weighted by atomic mass is 10.3. The highest BCUT2D eigenvalue weighted by Crippen LogP contribution is 2.16. The van der Waals surface area contributed by atoms with Crippen molar-refractivity contribution in [1.29, 1.82) is 0 Å². The zero-order valence-corrected chi connectivity index (χ0v) is 12.1. The lowest BCUT2D eigenvalue weighted by molar-refractivity contribution is 0.146. The third-order valence-electron chi connectivity index (χ3n) is 3.15. The van der Waals surface area contributed by atoms with Gasteiger partial charge in [0.2, 0.25) is 0 Å². The molecule has 0 unspecified atom stereocenters. The van der Waals surface area contributed by atoms with Crippen molar-refractivity contribution in [3.63, 3.8) is 0 Å². The summed E-state index contributed by atoms with van der Waals surface area (Å²) in [6, 6.07) is 12.2. The predicted octanol–water partition coefficient (Wildman–Crippen LogP) is 3.15. The van der Waals surface area contributed by atoms with Gasteiger partial charge in [-0.3, -0.25) is 0 Å². The lowest BCUT2D eigenvalue weighted by Gasteiger charge is -2.10. The van der Waals surface area contributed by atoms with Crippen LogP contribution in [0.1, 0.15) is 12.6 Å². The van der Waals surface area contributed by atoms with Crippen LogP contribution in [-0.2, 0) is 17.8 Å². The van der Waals surface area contributed by atoms with Crippen molar-refractivity contribution in [3.8, 4) is 5.75 Å². The van der Waals surface area contributed by atoms with E-state index in [2.05, 4.69) is 35.1 Å². The van der Waals surface area contributed by atoms with E-state index in [-0.39, 0.29) is 0 Å². The first-order valence-corrected chi connectivity index (χ1v) is 6.93. The number of nitrogens with zero attached hydrogens (tertiary/aromatic N) is 1. The fourth-order valence-electron chi connectivity index (χ4n) is 2.02. The maximum atomic E-state index is 5.53. The van der Waals surface area contributed by atoms with Crippen molar-refractivity contribution in [3.05, 3.63) is 48.3 Å². The first-order valence-electron chi connectivity index (χ1n) is 6.93. The Kier molecular flexibility index (Phi) is 5.50. The van der Waals surface area contributed by atoms with E-state index in [0.717, 1.165) is 24.5 Å². The Bertz CT molecular complexity index is 505. The van der Waals surface area contributed by atoms with Crippen LogP contribution in [0.2, 0.25) is 0 Å². The number of ether oxygens (including phenoxy) is 2. The molecule has 2 aromatic rings. The summed E-state index contributed by atoms with van der Waals surface area (Å²) in [6.07, 6.45) is 2.10. The minimum atomic E-state index is 0.577. The molecule has 0 bridgehead atoms. The van der Waals surface area contributed by atoms with Crippen LogP contribution in [0.5, 0.6) is 5.75 Å². The number of aryl methyl sites for hydroxylation is 1. The molecule has 0 amide bonds. The van der Waals surface area contributed by atoms with E-state index in [0.29, 0.717) is 13.2 Å². The van der Waals surface area contributed by atoms with Gasteiger partial charge in [0.25, 0.3) is 0 Å². The van der Waals surface area contributed by atoms with Crippen molar-refractivity contribution >= 4 is 5.69 Å². The Labute approximate surface area is 120 Å². The van der Waals surface area contributed by atoms with Crippen molar-refractivity contribution in [2.75, 3.05) is 25.6 Å². The summed E-state index contributed by atoms with van der Waals surface area (Å²) in [5.41, 5.74) is 2.38. The molecule has 4 heteroatoms. The average Bonchev–Trinajstić information content (AvgIpc) is 2.94. The summed E-state index contributed by atoms with van der Waals surface area (Å²) < 4.78 is 12.7. The summed E-state index contributed by atoms with van der Waals surface area (Å²) in [5, 5.41) is 3.42. The van der Waals surface area contributed by atoms with E-state index >= 15 is 0 Å². The largest absolute Gasteiger partial charge is 0.491 e. The molecule has 1 heterocycles. The van der Waals surface area contributed by atoms with Gasteiger partial charge in [0.1, 0.15) is 12.4 Å². The van der Waals surface area contributed by atoms with E-state index in [9.17, 15) is 0 Å². The van der Waals surface area contributed by atoms with Crippen LogP contribution in [0, 0.1) is 0 Å². The smallest absolute Gasteiger partial charge is 0.119 e. The van der Waals surface area contributed by atoms with Gasteiger partial charge in [-0.2, -0.15) is 0 Å². The molecule has 1 N–H and O–H groups in total. The fraction of sp³-hybridized carbons (Fsp3) is 0.375. The normalized spacial score (nSPS) is 10.5. The molecule has 20 heavy (non-hydrogen) atoms. The van der Waals surface area contributed by atoms with Crippen molar-refractivity contribution in [2.24, 2.45) is 0 Å². The molecule has 0 atom stereocenters. The molecule has 0 saturated heterocycles. The average molecular weight is 274 g/mol. The number of hydrogen-bond acceptors (Lipinski definition) is 3. The summed E-state index contributed by atoms with van der Waals surface area (Å²) in [5.74, 6) is 0.865. The maximum absolute atomic E-state index is 5.53. The summed E-state index contributed by atoms with van der Waals surface area (Å²) in [7, 11) is 1.67. The number of anilines is 1. The molecule has 0 aliphatic carbocycles. The van der Waals surface area contributed by atoms with Gasteiger partial charge in [0.15, 0.2) is 0 Å². The molecular weight excluding hydrogens is 252 g/mol. The molecule has 1 aromatic carbocycles. The zero-order valence-electron chi connectivity index (χ0n) is 12.1. The second-order valence-electron chi connectivity index (χ2n) is 4.50. The van der Waals surface area contributed by atoms with Gasteiger partial charge >= 0.3 is 0 Å². The number of aromatic nitrogens is 1. The van der Waals surface area contributed by atoms with Gasteiger partial charge in [-0.25, -0.2) is 0 Å². The highest BCUT2D eigenvalue weighted by Gasteiger charge is 1.99. The molecule has 1 aromatic heterocycles. The number of hydrogen-bond donors (Lipinski definition) is 1. The van der Waals surface area contributed by atoms with Crippen molar-refractivity contribution in [1.82, 2.24) is 4.57 Å². The minimum absolute atomic E-state index is 0.577. The third kappa shape index (κ3) is 4.03. The third-order valence-corrected chi connectivity index (χ3v) is 3.15. The van der Waals surface area contributed by atoms with Crippen LogP contribution in [0.3, 0.4) is 0 Å². The highest BCUT2D eigenvalue weighted by atomic mass is 16.5. The van der Waals surface area contributed by atoms with Crippen molar-refractivity contribution < 1.29 is 9.47 Å². The van der Waals surface area contributed by atoms with Gasteiger partial charge < -0.3 is 19.4 Å². The fourth-order valence-corrected chi connectivity index (χ4v) is 2.02. The molecular formula is C16H22N2O2. The number of benzene rings is 1. The standard InChI is InChI=1S/C16H22N2O2/c1-3-18-10-4-5-15(18)13-17-14-6-8-16(9-7-14)20-12-11-19-2/h4-10,17H,3,11-13H2,1-2H3. The molecule has 0 aliphatic heterocycles. The molecule has 0 aliphatic rings. The van der Waals surface area contributed by atoms with Crippen LogP contribution >= 0.6 is 0 Å². The Hall–Kier alpha value is -1.94. The molecule has 4 nitrogen and oxygen atoms in total. The van der Waals surface area contributed by atoms with E-state index in [1.807, 2.05) is 24.3 Å². The first-order chi connectivity index (χ1) is 9.83. The summed E-state index contributed by atoms with van der Waals surface area (Å²) >= 11 is 0. The Morgan fingerprint density at radius 3 is 2.60 bits per heavy atom. The molecule has 0 radical (unpaired) electrons. The van der Waals surface area contributed by atoms with E-state index in [4.69, 9.17) is 9.47 Å². The second-order valence-corrected chi connectivity index (χ2v) is 4.50. The van der Waals surface area contributed by atoms with Gasteiger partial charge in [-0.15, -0.1) is 0 Å². The van der Waals surface area contributed by atoms with E-state index < -0.39 is 0 Å². The number of rotatable bonds is 8. The molecule has 0 saturated carbocycles. The van der Waals surface area contributed by atoms with E-state index in [1.165, 1.54) is 5.69 Å². The van der Waals surface area contributed by atoms with Crippen molar-refractivity contribution in [2.45, 2.75) is 20.0 Å². The maximum Gasteiger partial charge on any atom is 0.119 e. The zero-order chi connectivity index (χ0) is 14.2. The molecule has 108 valence electrons. The Morgan fingerprint density at radius 1 is 1.10 bits per heavy atom. The highest BCUT2D eigenvalue weighted by molar-refractivity contribution is 5.46. The minimum Gasteiger partial charge on any atom is -0.491 e. The lowest BCUT2D eigenvalue weighted by Crippen LogP contribution is -2.06. The summed E-state index contributed by atoms with van der Waals surface area (Å²) in [4.78, 5) is 0. The Balaban J connectivity index is 1.84. The van der Waals surface area contributed by atoms with Gasteiger partial charge in [-0.05, 0) is 43.3 Å². The topological polar surface area (TPSA) is 35.4 Å². The summed E-state index contributed by atoms with van der Waals surface area (Å²) in [6.45, 7) is 5.15. The van der Waals surface area contributed by atoms with E-state index in [1.54, 1.807) is 7.11 Å². The first kappa shape index (κ1) is 14.5. The molecule has 2 rings (SSSR count). The second kappa shape index (κ2) is 7.60. The number of methoxy groups -OCH3 is 1. The van der Waals surface area contributed by atoms with Gasteiger partial charge in [0, 0.05) is 31.2 Å². The van der Waals surface area contributed by atoms with Crippen LogP contribution in [0.15, 0.2) is 42.6 Å². The monoisotopic (exact) mass is 274 g/mol. The van der Waals surface area contributed by atoms with Crippen LogP contribution in [0.4, 0.5) is 5.69 Å². The predicted molar refractivity (Wildman–Crippen MR) is 81.2 cm³/mol. The van der Waals surface area contributed by atoms with Crippen LogP contribution < -0.4 is 10.1 Å². The van der Waals surface area contributed by atoms with Crippen LogP contribution in [0.25, 0.3) is 0 Å².